The SMILES string of the molecule is CCS(=O)(=O)[C@](Cl)(Br)C(=O)c1ccc(C)cc1. The van der Waals surface area contributed by atoms with Crippen LogP contribution in [0.4, 0.5) is 0 Å². The molecule has 17 heavy (non-hydrogen) atoms. The molecule has 1 aromatic rings. The highest BCUT2D eigenvalue weighted by atomic mass is 79.9. The van der Waals surface area contributed by atoms with E-state index < -0.39 is 18.7 Å². The van der Waals surface area contributed by atoms with Crippen LogP contribution in [0, 0.1) is 6.92 Å². The van der Waals surface area contributed by atoms with Gasteiger partial charge in [0.25, 0.3) is 3.12 Å². The van der Waals surface area contributed by atoms with Crippen molar-refractivity contribution in [3.63, 3.8) is 0 Å². The fraction of sp³-hybridized carbons (Fsp3) is 0.364. The quantitative estimate of drug-likeness (QED) is 0.626. The van der Waals surface area contributed by atoms with Crippen molar-refractivity contribution in [3.8, 4) is 0 Å². The summed E-state index contributed by atoms with van der Waals surface area (Å²) in [6.07, 6.45) is 0. The number of rotatable bonds is 4. The van der Waals surface area contributed by atoms with Crippen LogP contribution in [0.3, 0.4) is 0 Å². The molecule has 0 unspecified atom stereocenters. The summed E-state index contributed by atoms with van der Waals surface area (Å²) in [6, 6.07) is 6.57. The molecule has 1 rings (SSSR count). The monoisotopic (exact) mass is 338 g/mol. The Morgan fingerprint density at radius 1 is 1.35 bits per heavy atom. The van der Waals surface area contributed by atoms with Gasteiger partial charge in [-0.15, -0.1) is 0 Å². The lowest BCUT2D eigenvalue weighted by Gasteiger charge is -2.18. The topological polar surface area (TPSA) is 51.2 Å². The van der Waals surface area contributed by atoms with E-state index in [1.807, 2.05) is 6.92 Å². The number of hydrogen-bond donors (Lipinski definition) is 0. The largest absolute Gasteiger partial charge is 0.290 e. The van der Waals surface area contributed by atoms with E-state index in [0.717, 1.165) is 5.56 Å². The van der Waals surface area contributed by atoms with Gasteiger partial charge in [-0.05, 0) is 22.9 Å². The third-order valence-corrected chi connectivity index (χ3v) is 6.79. The molecule has 3 nitrogen and oxygen atoms in total. The Bertz CT molecular complexity index is 520. The van der Waals surface area contributed by atoms with Crippen molar-refractivity contribution in [3.05, 3.63) is 35.4 Å². The molecule has 0 fully saturated rings. The fourth-order valence-corrected chi connectivity index (χ4v) is 3.31. The highest BCUT2D eigenvalue weighted by Crippen LogP contribution is 2.34. The summed E-state index contributed by atoms with van der Waals surface area (Å²) in [4.78, 5) is 12.0. The van der Waals surface area contributed by atoms with Crippen molar-refractivity contribution >= 4 is 43.2 Å². The Morgan fingerprint density at radius 2 is 1.82 bits per heavy atom. The first-order valence-electron chi connectivity index (χ1n) is 4.94. The normalized spacial score (nSPS) is 15.3. The molecule has 0 aliphatic carbocycles. The van der Waals surface area contributed by atoms with E-state index in [1.165, 1.54) is 6.92 Å². The van der Waals surface area contributed by atoms with Crippen molar-refractivity contribution in [2.45, 2.75) is 17.0 Å². The number of ketones is 1. The minimum absolute atomic E-state index is 0.209. The lowest BCUT2D eigenvalue weighted by Crippen LogP contribution is -2.36. The zero-order valence-corrected chi connectivity index (χ0v) is 12.6. The number of carbonyl (C=O) groups is 1. The third kappa shape index (κ3) is 2.89. The zero-order valence-electron chi connectivity index (χ0n) is 9.41. The maximum Gasteiger partial charge on any atom is 0.261 e. The highest BCUT2D eigenvalue weighted by Gasteiger charge is 2.45. The molecule has 1 atom stereocenters. The predicted molar refractivity (Wildman–Crippen MR) is 72.5 cm³/mol. The molecule has 0 heterocycles. The van der Waals surface area contributed by atoms with E-state index in [1.54, 1.807) is 24.3 Å². The molecule has 1 aromatic carbocycles. The maximum atomic E-state index is 12.0. The van der Waals surface area contributed by atoms with Crippen LogP contribution in [0.15, 0.2) is 24.3 Å². The number of carbonyl (C=O) groups excluding carboxylic acids is 1. The lowest BCUT2D eigenvalue weighted by atomic mass is 10.1. The number of hydrogen-bond acceptors (Lipinski definition) is 3. The van der Waals surface area contributed by atoms with E-state index in [-0.39, 0.29) is 11.3 Å². The van der Waals surface area contributed by atoms with Crippen LogP contribution in [0.2, 0.25) is 0 Å². The molecule has 0 aliphatic heterocycles. The average molecular weight is 340 g/mol. The van der Waals surface area contributed by atoms with Gasteiger partial charge in [0.15, 0.2) is 9.84 Å². The second-order valence-electron chi connectivity index (χ2n) is 3.62. The van der Waals surface area contributed by atoms with Crippen LogP contribution >= 0.6 is 27.5 Å². The van der Waals surface area contributed by atoms with E-state index >= 15 is 0 Å². The molecule has 0 saturated carbocycles. The molecular weight excluding hydrogens is 328 g/mol. The summed E-state index contributed by atoms with van der Waals surface area (Å²) in [5, 5.41) is 0. The van der Waals surface area contributed by atoms with Crippen LogP contribution < -0.4 is 0 Å². The van der Waals surface area contributed by atoms with E-state index in [4.69, 9.17) is 11.6 Å². The molecule has 0 aromatic heterocycles. The fourth-order valence-electron chi connectivity index (χ4n) is 1.20. The van der Waals surface area contributed by atoms with Crippen LogP contribution in [-0.4, -0.2) is 23.1 Å². The van der Waals surface area contributed by atoms with Gasteiger partial charge in [0.2, 0.25) is 5.78 Å². The standard InChI is InChI=1S/C11H12BrClO3S/c1-3-17(15,16)11(12,13)10(14)9-6-4-8(2)5-7-9/h4-7H,3H2,1-2H3/t11-/m0/s1. The minimum atomic E-state index is -3.72. The van der Waals surface area contributed by atoms with E-state index in [9.17, 15) is 13.2 Å². The van der Waals surface area contributed by atoms with Gasteiger partial charge in [-0.3, -0.25) is 4.79 Å². The predicted octanol–water partition coefficient (Wildman–Crippen LogP) is 2.90. The van der Waals surface area contributed by atoms with Crippen molar-refractivity contribution in [1.82, 2.24) is 0 Å². The molecular formula is C11H12BrClO3S. The van der Waals surface area contributed by atoms with Gasteiger partial charge in [0, 0.05) is 5.56 Å². The number of alkyl halides is 2. The second-order valence-corrected chi connectivity index (χ2v) is 9.00. The number of sulfone groups is 1. The molecule has 0 N–H and O–H groups in total. The second kappa shape index (κ2) is 5.08. The van der Waals surface area contributed by atoms with Gasteiger partial charge in [-0.25, -0.2) is 8.42 Å². The minimum Gasteiger partial charge on any atom is -0.290 e. The summed E-state index contributed by atoms with van der Waals surface area (Å²) in [5.74, 6) is -0.875. The van der Waals surface area contributed by atoms with E-state index in [0.29, 0.717) is 0 Å². The maximum absolute atomic E-state index is 12.0. The summed E-state index contributed by atoms with van der Waals surface area (Å²) in [7, 11) is -3.72. The van der Waals surface area contributed by atoms with Crippen LogP contribution in [0.25, 0.3) is 0 Å². The molecule has 6 heteroatoms. The number of aryl methyl sites for hydroxylation is 1. The zero-order chi connectivity index (χ0) is 13.3. The number of benzene rings is 1. The summed E-state index contributed by atoms with van der Waals surface area (Å²) in [6.45, 7) is 3.31. The van der Waals surface area contributed by atoms with Crippen molar-refractivity contribution in [2.75, 3.05) is 5.75 Å². The van der Waals surface area contributed by atoms with Gasteiger partial charge in [0.1, 0.15) is 0 Å². The van der Waals surface area contributed by atoms with Crippen LogP contribution in [0.1, 0.15) is 22.8 Å². The Morgan fingerprint density at radius 3 is 2.24 bits per heavy atom. The molecule has 0 spiro atoms. The summed E-state index contributed by atoms with van der Waals surface area (Å²) >= 11 is 8.64. The van der Waals surface area contributed by atoms with Gasteiger partial charge >= 0.3 is 0 Å². The molecule has 94 valence electrons. The smallest absolute Gasteiger partial charge is 0.261 e. The average Bonchev–Trinajstić information content (AvgIpc) is 2.28. The first kappa shape index (κ1) is 14.7. The molecule has 0 amide bonds. The Kier molecular flexibility index (Phi) is 4.38. The van der Waals surface area contributed by atoms with Gasteiger partial charge in [0.05, 0.1) is 5.75 Å². The molecule has 0 saturated heterocycles. The number of halogens is 2. The van der Waals surface area contributed by atoms with Gasteiger partial charge in [-0.2, -0.15) is 0 Å². The van der Waals surface area contributed by atoms with Crippen LogP contribution in [0.5, 0.6) is 0 Å². The van der Waals surface area contributed by atoms with Crippen LogP contribution in [-0.2, 0) is 9.84 Å². The first-order valence-corrected chi connectivity index (χ1v) is 7.76. The van der Waals surface area contributed by atoms with Crippen molar-refractivity contribution < 1.29 is 13.2 Å². The third-order valence-electron chi connectivity index (χ3n) is 2.35. The highest BCUT2D eigenvalue weighted by molar-refractivity contribution is 9.12. The Hall–Kier alpha value is -0.390. The summed E-state index contributed by atoms with van der Waals surface area (Å²) in [5.41, 5.74) is 1.24. The Balaban J connectivity index is 3.18. The lowest BCUT2D eigenvalue weighted by molar-refractivity contribution is 0.1000. The van der Waals surface area contributed by atoms with Crippen molar-refractivity contribution in [2.24, 2.45) is 0 Å². The van der Waals surface area contributed by atoms with Gasteiger partial charge < -0.3 is 0 Å². The summed E-state index contributed by atoms with van der Waals surface area (Å²) < 4.78 is 21.3. The van der Waals surface area contributed by atoms with Gasteiger partial charge in [-0.1, -0.05) is 48.4 Å². The molecule has 0 bridgehead atoms. The number of Topliss-reactive ketones (excluding diaryl/α,β-unsaturated/α-hetero) is 1. The van der Waals surface area contributed by atoms with Crippen molar-refractivity contribution in [1.29, 1.82) is 0 Å². The Labute approximate surface area is 114 Å². The first-order chi connectivity index (χ1) is 7.72. The molecule has 0 aliphatic rings. The van der Waals surface area contributed by atoms with E-state index in [2.05, 4.69) is 15.9 Å². The molecule has 0 radical (unpaired) electrons.